The van der Waals surface area contributed by atoms with Crippen LogP contribution in [-0.4, -0.2) is 16.1 Å². The lowest BCUT2D eigenvalue weighted by Crippen LogP contribution is -2.20. The van der Waals surface area contributed by atoms with E-state index in [1.807, 2.05) is 19.1 Å². The molecule has 1 aromatic carbocycles. The van der Waals surface area contributed by atoms with Gasteiger partial charge in [-0.3, -0.25) is 10.1 Å². The fourth-order valence-corrected chi connectivity index (χ4v) is 2.73. The summed E-state index contributed by atoms with van der Waals surface area (Å²) in [6.45, 7) is 14.8. The molecule has 0 saturated carbocycles. The van der Waals surface area contributed by atoms with Crippen LogP contribution in [0.1, 0.15) is 68.0 Å². The summed E-state index contributed by atoms with van der Waals surface area (Å²) in [6.07, 6.45) is 0. The molecule has 1 aromatic heterocycles. The Morgan fingerprint density at radius 3 is 1.87 bits per heavy atom. The first-order valence-corrected chi connectivity index (χ1v) is 8.56. The molecule has 0 saturated heterocycles. The van der Waals surface area contributed by atoms with Gasteiger partial charge in [-0.1, -0.05) is 58.9 Å². The topological polar surface area (TPSA) is 54.9 Å². The molecule has 0 radical (unpaired) electrons. The van der Waals surface area contributed by atoms with Crippen LogP contribution in [0.2, 0.25) is 0 Å². The highest BCUT2D eigenvalue weighted by molar-refractivity contribution is 7.15. The number of nitrogens with one attached hydrogen (secondary N) is 1. The zero-order chi connectivity index (χ0) is 17.4. The van der Waals surface area contributed by atoms with Gasteiger partial charge in [0.1, 0.15) is 5.01 Å². The molecule has 1 amide bonds. The third-order valence-electron chi connectivity index (χ3n) is 3.67. The van der Waals surface area contributed by atoms with Gasteiger partial charge in [0.05, 0.1) is 0 Å². The highest BCUT2D eigenvalue weighted by atomic mass is 32.1. The summed E-state index contributed by atoms with van der Waals surface area (Å²) in [4.78, 5) is 12.6. The Morgan fingerprint density at radius 1 is 0.957 bits per heavy atom. The zero-order valence-corrected chi connectivity index (χ0v) is 15.8. The van der Waals surface area contributed by atoms with Crippen molar-refractivity contribution in [3.05, 3.63) is 39.9 Å². The lowest BCUT2D eigenvalue weighted by atomic mass is 9.79. The number of carbonyl (C=O) groups excluding carboxylic acids is 1. The molecule has 2 aromatic rings. The van der Waals surface area contributed by atoms with Gasteiger partial charge in [0, 0.05) is 5.56 Å². The summed E-state index contributed by atoms with van der Waals surface area (Å²) < 4.78 is 0. The SMILES string of the molecule is Cc1nnc(NC(=O)c2cc(C(C)(C)C)cc(C(C)(C)C)c2)s1. The summed E-state index contributed by atoms with van der Waals surface area (Å²) >= 11 is 1.38. The van der Waals surface area contributed by atoms with E-state index in [4.69, 9.17) is 0 Å². The minimum absolute atomic E-state index is 0.0182. The molecule has 0 aliphatic carbocycles. The molecule has 0 aliphatic heterocycles. The van der Waals surface area contributed by atoms with Crippen molar-refractivity contribution in [2.45, 2.75) is 59.3 Å². The first-order chi connectivity index (χ1) is 10.5. The summed E-state index contributed by atoms with van der Waals surface area (Å²) in [5, 5.41) is 12.1. The minimum Gasteiger partial charge on any atom is -0.296 e. The Balaban J connectivity index is 2.42. The van der Waals surface area contributed by atoms with Gasteiger partial charge in [0.15, 0.2) is 0 Å². The number of amides is 1. The molecule has 2 rings (SSSR count). The third kappa shape index (κ3) is 4.38. The molecule has 23 heavy (non-hydrogen) atoms. The molecule has 1 N–H and O–H groups in total. The van der Waals surface area contributed by atoms with Crippen molar-refractivity contribution in [2.75, 3.05) is 5.32 Å². The highest BCUT2D eigenvalue weighted by Crippen LogP contribution is 2.30. The second-order valence-corrected chi connectivity index (χ2v) is 9.06. The first kappa shape index (κ1) is 17.6. The lowest BCUT2D eigenvalue weighted by Gasteiger charge is -2.26. The van der Waals surface area contributed by atoms with Gasteiger partial charge in [-0.25, -0.2) is 0 Å². The zero-order valence-electron chi connectivity index (χ0n) is 14.9. The van der Waals surface area contributed by atoms with Crippen LogP contribution >= 0.6 is 11.3 Å². The summed E-state index contributed by atoms with van der Waals surface area (Å²) in [5.41, 5.74) is 2.94. The Hall–Kier alpha value is -1.75. The normalized spacial score (nSPS) is 12.3. The van der Waals surface area contributed by atoms with Crippen LogP contribution in [0, 0.1) is 6.92 Å². The van der Waals surface area contributed by atoms with Gasteiger partial charge in [-0.05, 0) is 41.0 Å². The molecule has 4 nitrogen and oxygen atoms in total. The molecule has 0 fully saturated rings. The average Bonchev–Trinajstić information content (AvgIpc) is 2.81. The Labute approximate surface area is 142 Å². The lowest BCUT2D eigenvalue weighted by molar-refractivity contribution is 0.102. The number of nitrogens with zero attached hydrogens (tertiary/aromatic N) is 2. The number of hydrogen-bond donors (Lipinski definition) is 1. The van der Waals surface area contributed by atoms with E-state index in [1.165, 1.54) is 11.3 Å². The first-order valence-electron chi connectivity index (χ1n) is 7.74. The van der Waals surface area contributed by atoms with Gasteiger partial charge in [0.2, 0.25) is 5.13 Å². The fourth-order valence-electron chi connectivity index (χ4n) is 2.14. The van der Waals surface area contributed by atoms with E-state index >= 15 is 0 Å². The second-order valence-electron chi connectivity index (χ2n) is 7.88. The van der Waals surface area contributed by atoms with E-state index in [1.54, 1.807) is 0 Å². The third-order valence-corrected chi connectivity index (χ3v) is 4.43. The monoisotopic (exact) mass is 331 g/mol. The Bertz CT molecular complexity index is 688. The largest absolute Gasteiger partial charge is 0.296 e. The average molecular weight is 331 g/mol. The second kappa shape index (κ2) is 6.04. The van der Waals surface area contributed by atoms with Gasteiger partial charge >= 0.3 is 0 Å². The van der Waals surface area contributed by atoms with Crippen LogP contribution in [0.4, 0.5) is 5.13 Å². The van der Waals surface area contributed by atoms with Crippen LogP contribution in [0.25, 0.3) is 0 Å². The maximum atomic E-state index is 12.6. The van der Waals surface area contributed by atoms with Crippen molar-refractivity contribution >= 4 is 22.4 Å². The van der Waals surface area contributed by atoms with Crippen LogP contribution < -0.4 is 5.32 Å². The van der Waals surface area contributed by atoms with Crippen molar-refractivity contribution in [1.82, 2.24) is 10.2 Å². The Morgan fingerprint density at radius 2 is 1.48 bits per heavy atom. The van der Waals surface area contributed by atoms with Crippen molar-refractivity contribution in [2.24, 2.45) is 0 Å². The standard InChI is InChI=1S/C18H25N3OS/c1-11-20-21-16(23-11)19-15(22)12-8-13(17(2,3)4)10-14(9-12)18(5,6)7/h8-10H,1-7H3,(H,19,21,22). The molecule has 0 aliphatic rings. The highest BCUT2D eigenvalue weighted by Gasteiger charge is 2.22. The van der Waals surface area contributed by atoms with E-state index < -0.39 is 0 Å². The van der Waals surface area contributed by atoms with Gasteiger partial charge in [0.25, 0.3) is 5.91 Å². The van der Waals surface area contributed by atoms with Crippen molar-refractivity contribution < 1.29 is 4.79 Å². The van der Waals surface area contributed by atoms with Crippen LogP contribution in [0.3, 0.4) is 0 Å². The number of rotatable bonds is 2. The molecule has 0 spiro atoms. The van der Waals surface area contributed by atoms with Gasteiger partial charge in [-0.15, -0.1) is 10.2 Å². The van der Waals surface area contributed by atoms with E-state index in [0.29, 0.717) is 10.7 Å². The molecule has 124 valence electrons. The molecule has 0 atom stereocenters. The van der Waals surface area contributed by atoms with Gasteiger partial charge < -0.3 is 0 Å². The summed E-state index contributed by atoms with van der Waals surface area (Å²) in [6, 6.07) is 6.14. The van der Waals surface area contributed by atoms with Crippen LogP contribution in [-0.2, 0) is 10.8 Å². The summed E-state index contributed by atoms with van der Waals surface area (Å²) in [7, 11) is 0. The number of carbonyl (C=O) groups is 1. The van der Waals surface area contributed by atoms with Crippen molar-refractivity contribution in [1.29, 1.82) is 0 Å². The van der Waals surface area contributed by atoms with E-state index in [-0.39, 0.29) is 16.7 Å². The number of aromatic nitrogens is 2. The number of anilines is 1. The van der Waals surface area contributed by atoms with E-state index in [0.717, 1.165) is 16.1 Å². The number of aryl methyl sites for hydroxylation is 1. The van der Waals surface area contributed by atoms with Crippen LogP contribution in [0.15, 0.2) is 18.2 Å². The molecule has 5 heteroatoms. The Kier molecular flexibility index (Phi) is 4.62. The predicted octanol–water partition coefficient (Wildman–Crippen LogP) is 4.69. The van der Waals surface area contributed by atoms with Crippen molar-refractivity contribution in [3.63, 3.8) is 0 Å². The molecule has 0 unspecified atom stereocenters. The van der Waals surface area contributed by atoms with Crippen LogP contribution in [0.5, 0.6) is 0 Å². The minimum atomic E-state index is -0.141. The molecule has 1 heterocycles. The molecule has 0 bridgehead atoms. The smallest absolute Gasteiger partial charge is 0.257 e. The quantitative estimate of drug-likeness (QED) is 0.868. The van der Waals surface area contributed by atoms with E-state index in [9.17, 15) is 4.79 Å². The molecular weight excluding hydrogens is 306 g/mol. The van der Waals surface area contributed by atoms with E-state index in [2.05, 4.69) is 63.1 Å². The maximum absolute atomic E-state index is 12.6. The fraction of sp³-hybridized carbons (Fsp3) is 0.500. The van der Waals surface area contributed by atoms with Gasteiger partial charge in [-0.2, -0.15) is 0 Å². The van der Waals surface area contributed by atoms with Crippen molar-refractivity contribution in [3.8, 4) is 0 Å². The predicted molar refractivity (Wildman–Crippen MR) is 96.4 cm³/mol. The number of benzene rings is 1. The summed E-state index contributed by atoms with van der Waals surface area (Å²) in [5.74, 6) is -0.141. The molecular formula is C18H25N3OS. The number of hydrogen-bond acceptors (Lipinski definition) is 4. The maximum Gasteiger partial charge on any atom is 0.257 e.